The van der Waals surface area contributed by atoms with Gasteiger partial charge >= 0.3 is 0 Å². The molecule has 2 rings (SSSR count). The Kier molecular flexibility index (Phi) is 4.46. The van der Waals surface area contributed by atoms with E-state index in [2.05, 4.69) is 18.9 Å². The van der Waals surface area contributed by atoms with E-state index >= 15 is 0 Å². The Balaban J connectivity index is 2.20. The third-order valence-electron chi connectivity index (χ3n) is 3.84. The Morgan fingerprint density at radius 1 is 1.29 bits per heavy atom. The highest BCUT2D eigenvalue weighted by Gasteiger charge is 2.17. The van der Waals surface area contributed by atoms with Crippen molar-refractivity contribution >= 4 is 5.91 Å². The fraction of sp³-hybridized carbons (Fsp3) is 0.412. The topological polar surface area (TPSA) is 38.1 Å². The van der Waals surface area contributed by atoms with Crippen LogP contribution in [0.5, 0.6) is 0 Å². The minimum absolute atomic E-state index is 0.0433. The molecule has 0 fully saturated rings. The maximum atomic E-state index is 12.5. The fourth-order valence-electron chi connectivity index (χ4n) is 2.58. The van der Waals surface area contributed by atoms with E-state index in [1.807, 2.05) is 49.8 Å². The van der Waals surface area contributed by atoms with E-state index in [4.69, 9.17) is 0 Å². The molecule has 112 valence electrons. The fourth-order valence-corrected chi connectivity index (χ4v) is 2.58. The molecule has 4 heteroatoms. The van der Waals surface area contributed by atoms with E-state index in [0.29, 0.717) is 6.54 Å². The van der Waals surface area contributed by atoms with Crippen molar-refractivity contribution in [1.29, 1.82) is 0 Å². The van der Waals surface area contributed by atoms with Crippen molar-refractivity contribution in [2.24, 2.45) is 0 Å². The summed E-state index contributed by atoms with van der Waals surface area (Å²) in [7, 11) is 1.84. The van der Waals surface area contributed by atoms with Gasteiger partial charge in [-0.3, -0.25) is 9.48 Å². The summed E-state index contributed by atoms with van der Waals surface area (Å²) >= 11 is 0. The van der Waals surface area contributed by atoms with Gasteiger partial charge in [0.15, 0.2) is 0 Å². The highest BCUT2D eigenvalue weighted by atomic mass is 16.2. The number of rotatable bonds is 4. The molecule has 0 bridgehead atoms. The third kappa shape index (κ3) is 3.15. The van der Waals surface area contributed by atoms with Crippen LogP contribution in [0.2, 0.25) is 0 Å². The lowest BCUT2D eigenvalue weighted by molar-refractivity contribution is 0.0784. The number of nitrogens with zero attached hydrogens (tertiary/aromatic N) is 3. The first-order valence-electron chi connectivity index (χ1n) is 7.29. The highest BCUT2D eigenvalue weighted by Crippen LogP contribution is 2.16. The van der Waals surface area contributed by atoms with Crippen LogP contribution in [0.1, 0.15) is 39.8 Å². The predicted molar refractivity (Wildman–Crippen MR) is 84.4 cm³/mol. The lowest BCUT2D eigenvalue weighted by Gasteiger charge is -2.18. The van der Waals surface area contributed by atoms with E-state index in [1.54, 1.807) is 4.90 Å². The molecular weight excluding hydrogens is 262 g/mol. The van der Waals surface area contributed by atoms with Gasteiger partial charge in [0, 0.05) is 37.0 Å². The second-order valence-corrected chi connectivity index (χ2v) is 5.50. The SMILES string of the molecule is CCn1nc(C)c(CN(C)C(=O)c2cccc(C)c2)c1C. The largest absolute Gasteiger partial charge is 0.337 e. The van der Waals surface area contributed by atoms with Gasteiger partial charge in [0.25, 0.3) is 5.91 Å². The summed E-state index contributed by atoms with van der Waals surface area (Å²) in [5.74, 6) is 0.0433. The van der Waals surface area contributed by atoms with Gasteiger partial charge in [0.05, 0.1) is 5.69 Å². The van der Waals surface area contributed by atoms with Crippen LogP contribution >= 0.6 is 0 Å². The van der Waals surface area contributed by atoms with Crippen molar-refractivity contribution in [3.63, 3.8) is 0 Å². The number of carbonyl (C=O) groups excluding carboxylic acids is 1. The number of aryl methyl sites for hydroxylation is 3. The summed E-state index contributed by atoms with van der Waals surface area (Å²) in [5.41, 5.74) is 5.11. The quantitative estimate of drug-likeness (QED) is 0.865. The monoisotopic (exact) mass is 285 g/mol. The molecule has 1 aromatic heterocycles. The minimum atomic E-state index is 0.0433. The van der Waals surface area contributed by atoms with Crippen LogP contribution in [0.15, 0.2) is 24.3 Å². The molecule has 0 aliphatic carbocycles. The van der Waals surface area contributed by atoms with Crippen molar-refractivity contribution in [3.05, 3.63) is 52.3 Å². The Hall–Kier alpha value is -2.10. The van der Waals surface area contributed by atoms with Crippen LogP contribution in [0.4, 0.5) is 0 Å². The number of carbonyl (C=O) groups is 1. The lowest BCUT2D eigenvalue weighted by atomic mass is 10.1. The predicted octanol–water partition coefficient (Wildman–Crippen LogP) is 3.10. The molecule has 0 N–H and O–H groups in total. The molecule has 1 aromatic carbocycles. The highest BCUT2D eigenvalue weighted by molar-refractivity contribution is 5.94. The molecule has 1 amide bonds. The molecule has 0 saturated heterocycles. The number of hydrogen-bond acceptors (Lipinski definition) is 2. The third-order valence-corrected chi connectivity index (χ3v) is 3.84. The van der Waals surface area contributed by atoms with Gasteiger partial charge in [0.2, 0.25) is 0 Å². The molecule has 21 heavy (non-hydrogen) atoms. The minimum Gasteiger partial charge on any atom is -0.337 e. The molecule has 0 aliphatic rings. The first-order valence-corrected chi connectivity index (χ1v) is 7.29. The van der Waals surface area contributed by atoms with Gasteiger partial charge in [-0.15, -0.1) is 0 Å². The molecule has 0 unspecified atom stereocenters. The average Bonchev–Trinajstić information content (AvgIpc) is 2.73. The van der Waals surface area contributed by atoms with Crippen LogP contribution in [-0.4, -0.2) is 27.6 Å². The Morgan fingerprint density at radius 3 is 2.57 bits per heavy atom. The molecule has 1 heterocycles. The van der Waals surface area contributed by atoms with E-state index in [1.165, 1.54) is 0 Å². The van der Waals surface area contributed by atoms with Crippen LogP contribution in [0.25, 0.3) is 0 Å². The van der Waals surface area contributed by atoms with E-state index in [-0.39, 0.29) is 5.91 Å². The average molecular weight is 285 g/mol. The van der Waals surface area contributed by atoms with Gasteiger partial charge in [-0.2, -0.15) is 5.10 Å². The molecule has 0 radical (unpaired) electrons. The second-order valence-electron chi connectivity index (χ2n) is 5.50. The van der Waals surface area contributed by atoms with E-state index < -0.39 is 0 Å². The normalized spacial score (nSPS) is 10.7. The summed E-state index contributed by atoms with van der Waals surface area (Å²) < 4.78 is 1.98. The van der Waals surface area contributed by atoms with Crippen molar-refractivity contribution in [3.8, 4) is 0 Å². The number of amides is 1. The Labute approximate surface area is 126 Å². The number of benzene rings is 1. The summed E-state index contributed by atoms with van der Waals surface area (Å²) in [5, 5.41) is 4.51. The van der Waals surface area contributed by atoms with Crippen LogP contribution < -0.4 is 0 Å². The van der Waals surface area contributed by atoms with E-state index in [9.17, 15) is 4.79 Å². The summed E-state index contributed by atoms with van der Waals surface area (Å²) in [4.78, 5) is 14.3. The molecule has 4 nitrogen and oxygen atoms in total. The first-order chi connectivity index (χ1) is 9.93. The maximum absolute atomic E-state index is 12.5. The molecule has 0 aliphatic heterocycles. The molecule has 0 saturated carbocycles. The van der Waals surface area contributed by atoms with Gasteiger partial charge in [0.1, 0.15) is 0 Å². The van der Waals surface area contributed by atoms with Crippen LogP contribution in [0, 0.1) is 20.8 Å². The van der Waals surface area contributed by atoms with Crippen molar-refractivity contribution in [2.45, 2.75) is 40.8 Å². The van der Waals surface area contributed by atoms with Gasteiger partial charge in [-0.05, 0) is 39.8 Å². The zero-order valence-corrected chi connectivity index (χ0v) is 13.5. The summed E-state index contributed by atoms with van der Waals surface area (Å²) in [6.07, 6.45) is 0. The van der Waals surface area contributed by atoms with E-state index in [0.717, 1.165) is 34.6 Å². The Morgan fingerprint density at radius 2 is 2.00 bits per heavy atom. The molecular formula is C17H23N3O. The molecule has 0 atom stereocenters. The zero-order valence-electron chi connectivity index (χ0n) is 13.5. The zero-order chi connectivity index (χ0) is 15.6. The second kappa shape index (κ2) is 6.12. The van der Waals surface area contributed by atoms with Crippen LogP contribution in [-0.2, 0) is 13.1 Å². The maximum Gasteiger partial charge on any atom is 0.253 e. The van der Waals surface area contributed by atoms with Gasteiger partial charge in [-0.1, -0.05) is 17.7 Å². The van der Waals surface area contributed by atoms with Crippen molar-refractivity contribution in [2.75, 3.05) is 7.05 Å². The summed E-state index contributed by atoms with van der Waals surface area (Å²) in [6, 6.07) is 7.70. The van der Waals surface area contributed by atoms with Crippen molar-refractivity contribution in [1.82, 2.24) is 14.7 Å². The standard InChI is InChI=1S/C17H23N3O/c1-6-20-14(4)16(13(3)18-20)11-19(5)17(21)15-9-7-8-12(2)10-15/h7-10H,6,11H2,1-5H3. The molecule has 0 spiro atoms. The number of hydrogen-bond donors (Lipinski definition) is 0. The van der Waals surface area contributed by atoms with Crippen molar-refractivity contribution < 1.29 is 4.79 Å². The first kappa shape index (κ1) is 15.3. The van der Waals surface area contributed by atoms with Gasteiger partial charge < -0.3 is 4.90 Å². The Bertz CT molecular complexity index is 658. The van der Waals surface area contributed by atoms with Crippen LogP contribution in [0.3, 0.4) is 0 Å². The number of aromatic nitrogens is 2. The summed E-state index contributed by atoms with van der Waals surface area (Å²) in [6.45, 7) is 9.57. The van der Waals surface area contributed by atoms with Gasteiger partial charge in [-0.25, -0.2) is 0 Å². The smallest absolute Gasteiger partial charge is 0.253 e. The molecule has 2 aromatic rings. The lowest BCUT2D eigenvalue weighted by Crippen LogP contribution is -2.26.